The van der Waals surface area contributed by atoms with Gasteiger partial charge >= 0.3 is 0 Å². The summed E-state index contributed by atoms with van der Waals surface area (Å²) in [5.74, 6) is 0.764. The molecule has 1 atom stereocenters. The van der Waals surface area contributed by atoms with Gasteiger partial charge in [0, 0.05) is 24.3 Å². The van der Waals surface area contributed by atoms with Gasteiger partial charge in [-0.15, -0.1) is 0 Å². The van der Waals surface area contributed by atoms with Crippen molar-refractivity contribution >= 4 is 0 Å². The molecule has 1 rings (SSSR count). The van der Waals surface area contributed by atoms with Crippen molar-refractivity contribution in [3.05, 3.63) is 23.9 Å². The Bertz CT molecular complexity index is 302. The minimum absolute atomic E-state index is 0.527. The fourth-order valence-corrected chi connectivity index (χ4v) is 1.32. The summed E-state index contributed by atoms with van der Waals surface area (Å²) >= 11 is 0. The van der Waals surface area contributed by atoms with Gasteiger partial charge in [-0.1, -0.05) is 19.9 Å². The summed E-state index contributed by atoms with van der Waals surface area (Å²) in [5.41, 5.74) is 1.14. The topological polar surface area (TPSA) is 34.1 Å². The average Bonchev–Trinajstić information content (AvgIpc) is 2.34. The molecular formula is C13H22N2O. The SMILES string of the molecule is CCCOc1ncccc1CNC(C)CC. The normalized spacial score (nSPS) is 12.4. The summed E-state index contributed by atoms with van der Waals surface area (Å²) in [5, 5.41) is 3.45. The second-order valence-electron chi connectivity index (χ2n) is 4.01. The Labute approximate surface area is 98.2 Å². The molecule has 1 aromatic rings. The lowest BCUT2D eigenvalue weighted by molar-refractivity contribution is 0.300. The molecule has 0 aliphatic heterocycles. The number of hydrogen-bond acceptors (Lipinski definition) is 3. The summed E-state index contributed by atoms with van der Waals surface area (Å²) in [7, 11) is 0. The van der Waals surface area contributed by atoms with Crippen molar-refractivity contribution in [2.75, 3.05) is 6.61 Å². The van der Waals surface area contributed by atoms with Gasteiger partial charge in [0.25, 0.3) is 0 Å². The largest absolute Gasteiger partial charge is 0.477 e. The minimum atomic E-state index is 0.527. The molecule has 3 nitrogen and oxygen atoms in total. The van der Waals surface area contributed by atoms with Crippen molar-refractivity contribution in [3.8, 4) is 5.88 Å². The Morgan fingerprint density at radius 1 is 1.44 bits per heavy atom. The highest BCUT2D eigenvalue weighted by Gasteiger charge is 2.05. The average molecular weight is 222 g/mol. The monoisotopic (exact) mass is 222 g/mol. The van der Waals surface area contributed by atoms with Crippen LogP contribution in [0.5, 0.6) is 5.88 Å². The fraction of sp³-hybridized carbons (Fsp3) is 0.615. The van der Waals surface area contributed by atoms with Gasteiger partial charge in [-0.2, -0.15) is 0 Å². The zero-order valence-electron chi connectivity index (χ0n) is 10.5. The summed E-state index contributed by atoms with van der Waals surface area (Å²) in [6.07, 6.45) is 3.91. The van der Waals surface area contributed by atoms with Gasteiger partial charge in [0.15, 0.2) is 0 Å². The van der Waals surface area contributed by atoms with Crippen LogP contribution in [0.1, 0.15) is 39.2 Å². The van der Waals surface area contributed by atoms with E-state index in [1.54, 1.807) is 6.20 Å². The lowest BCUT2D eigenvalue weighted by Crippen LogP contribution is -2.24. The van der Waals surface area contributed by atoms with Crippen molar-refractivity contribution in [1.29, 1.82) is 0 Å². The smallest absolute Gasteiger partial charge is 0.217 e. The van der Waals surface area contributed by atoms with Crippen LogP contribution in [0, 0.1) is 0 Å². The van der Waals surface area contributed by atoms with Crippen LogP contribution in [0.3, 0.4) is 0 Å². The highest BCUT2D eigenvalue weighted by molar-refractivity contribution is 5.25. The van der Waals surface area contributed by atoms with Crippen LogP contribution in [0.25, 0.3) is 0 Å². The second-order valence-corrected chi connectivity index (χ2v) is 4.01. The van der Waals surface area contributed by atoms with Crippen molar-refractivity contribution < 1.29 is 4.74 Å². The summed E-state index contributed by atoms with van der Waals surface area (Å²) in [4.78, 5) is 4.26. The number of pyridine rings is 1. The highest BCUT2D eigenvalue weighted by Crippen LogP contribution is 2.14. The molecule has 1 N–H and O–H groups in total. The third kappa shape index (κ3) is 4.19. The number of nitrogens with one attached hydrogen (secondary N) is 1. The molecule has 0 saturated carbocycles. The number of hydrogen-bond donors (Lipinski definition) is 1. The molecule has 0 radical (unpaired) electrons. The van der Waals surface area contributed by atoms with Gasteiger partial charge in [0.1, 0.15) is 0 Å². The number of aromatic nitrogens is 1. The summed E-state index contributed by atoms with van der Waals surface area (Å²) in [6.45, 7) is 8.01. The van der Waals surface area contributed by atoms with Crippen LogP contribution >= 0.6 is 0 Å². The zero-order chi connectivity index (χ0) is 11.8. The molecule has 1 aromatic heterocycles. The van der Waals surface area contributed by atoms with Gasteiger partial charge in [-0.05, 0) is 25.8 Å². The Balaban J connectivity index is 2.56. The molecule has 0 aliphatic carbocycles. The molecule has 0 spiro atoms. The Morgan fingerprint density at radius 2 is 2.25 bits per heavy atom. The first-order valence-corrected chi connectivity index (χ1v) is 6.08. The lowest BCUT2D eigenvalue weighted by atomic mass is 10.2. The number of ether oxygens (including phenoxy) is 1. The number of nitrogens with zero attached hydrogens (tertiary/aromatic N) is 1. The van der Waals surface area contributed by atoms with Gasteiger partial charge in [-0.3, -0.25) is 0 Å². The Morgan fingerprint density at radius 3 is 2.94 bits per heavy atom. The van der Waals surface area contributed by atoms with Gasteiger partial charge in [-0.25, -0.2) is 4.98 Å². The molecule has 0 aliphatic rings. The molecular weight excluding hydrogens is 200 g/mol. The molecule has 0 amide bonds. The predicted molar refractivity (Wildman–Crippen MR) is 66.6 cm³/mol. The van der Waals surface area contributed by atoms with E-state index >= 15 is 0 Å². The molecule has 3 heteroatoms. The van der Waals surface area contributed by atoms with Crippen molar-refractivity contribution in [3.63, 3.8) is 0 Å². The predicted octanol–water partition coefficient (Wildman–Crippen LogP) is 2.76. The van der Waals surface area contributed by atoms with Crippen LogP contribution in [0.2, 0.25) is 0 Å². The molecule has 0 fully saturated rings. The molecule has 1 heterocycles. The Hall–Kier alpha value is -1.09. The van der Waals surface area contributed by atoms with Gasteiger partial charge in [0.05, 0.1) is 6.61 Å². The van der Waals surface area contributed by atoms with E-state index in [-0.39, 0.29) is 0 Å². The molecule has 0 saturated heterocycles. The van der Waals surface area contributed by atoms with Crippen LogP contribution in [0.15, 0.2) is 18.3 Å². The fourth-order valence-electron chi connectivity index (χ4n) is 1.32. The maximum absolute atomic E-state index is 5.60. The maximum Gasteiger partial charge on any atom is 0.217 e. The minimum Gasteiger partial charge on any atom is -0.477 e. The van der Waals surface area contributed by atoms with E-state index in [1.807, 2.05) is 6.07 Å². The zero-order valence-corrected chi connectivity index (χ0v) is 10.5. The van der Waals surface area contributed by atoms with Gasteiger partial charge < -0.3 is 10.1 Å². The van der Waals surface area contributed by atoms with E-state index in [0.29, 0.717) is 6.04 Å². The van der Waals surface area contributed by atoms with Crippen LogP contribution in [-0.2, 0) is 6.54 Å². The first-order valence-electron chi connectivity index (χ1n) is 6.08. The van der Waals surface area contributed by atoms with E-state index in [0.717, 1.165) is 37.4 Å². The van der Waals surface area contributed by atoms with E-state index in [2.05, 4.69) is 37.1 Å². The molecule has 0 bridgehead atoms. The summed E-state index contributed by atoms with van der Waals surface area (Å²) in [6, 6.07) is 4.54. The van der Waals surface area contributed by atoms with Crippen LogP contribution in [-0.4, -0.2) is 17.6 Å². The number of rotatable bonds is 7. The Kier molecular flexibility index (Phi) is 5.86. The molecule has 16 heavy (non-hydrogen) atoms. The van der Waals surface area contributed by atoms with E-state index < -0.39 is 0 Å². The summed E-state index contributed by atoms with van der Waals surface area (Å²) < 4.78 is 5.60. The third-order valence-electron chi connectivity index (χ3n) is 2.55. The highest BCUT2D eigenvalue weighted by atomic mass is 16.5. The van der Waals surface area contributed by atoms with Crippen molar-refractivity contribution in [2.45, 2.75) is 46.2 Å². The molecule has 0 aromatic carbocycles. The van der Waals surface area contributed by atoms with Crippen LogP contribution < -0.4 is 10.1 Å². The third-order valence-corrected chi connectivity index (χ3v) is 2.55. The van der Waals surface area contributed by atoms with Crippen molar-refractivity contribution in [1.82, 2.24) is 10.3 Å². The first-order chi connectivity index (χ1) is 7.77. The lowest BCUT2D eigenvalue weighted by Gasteiger charge is -2.13. The quantitative estimate of drug-likeness (QED) is 0.770. The van der Waals surface area contributed by atoms with E-state index in [9.17, 15) is 0 Å². The second kappa shape index (κ2) is 7.23. The first kappa shape index (κ1) is 13.0. The maximum atomic E-state index is 5.60. The molecule has 1 unspecified atom stereocenters. The van der Waals surface area contributed by atoms with Crippen LogP contribution in [0.4, 0.5) is 0 Å². The molecule has 90 valence electrons. The van der Waals surface area contributed by atoms with E-state index in [1.165, 1.54) is 0 Å². The van der Waals surface area contributed by atoms with Crippen molar-refractivity contribution in [2.24, 2.45) is 0 Å². The van der Waals surface area contributed by atoms with Gasteiger partial charge in [0.2, 0.25) is 5.88 Å². The standard InChI is InChI=1S/C13H22N2O/c1-4-9-16-13-12(7-6-8-14-13)10-15-11(3)5-2/h6-8,11,15H,4-5,9-10H2,1-3H3. The van der Waals surface area contributed by atoms with E-state index in [4.69, 9.17) is 4.74 Å².